The lowest BCUT2D eigenvalue weighted by atomic mass is 9.53. The summed E-state index contributed by atoms with van der Waals surface area (Å²) in [5, 5.41) is 3.39. The van der Waals surface area contributed by atoms with Crippen LogP contribution in [0.2, 0.25) is 0 Å². The Morgan fingerprint density at radius 2 is 1.77 bits per heavy atom. The molecule has 0 unspecified atom stereocenters. The van der Waals surface area contributed by atoms with E-state index in [9.17, 15) is 9.59 Å². The maximum atomic E-state index is 12.7. The number of nitrogens with one attached hydrogen (secondary N) is 1. The van der Waals surface area contributed by atoms with Crippen LogP contribution >= 0.6 is 0 Å². The van der Waals surface area contributed by atoms with Gasteiger partial charge in [0.25, 0.3) is 5.91 Å². The van der Waals surface area contributed by atoms with Crippen LogP contribution in [0.4, 0.5) is 5.69 Å². The third-order valence-electron chi connectivity index (χ3n) is 6.81. The van der Waals surface area contributed by atoms with Crippen molar-refractivity contribution in [2.45, 2.75) is 50.5 Å². The second-order valence-electron chi connectivity index (χ2n) is 8.80. The molecule has 4 saturated carbocycles. The number of carbonyl (C=O) groups excluding carboxylic acids is 2. The number of rotatable bonds is 4. The first-order valence-electron chi connectivity index (χ1n) is 9.93. The average molecular weight is 354 g/mol. The SMILES string of the molecule is O=C(CCN1C(=O)COc2ccccc21)NC12CC3CC(CC(C3)C1)C2. The maximum absolute atomic E-state index is 12.7. The molecular weight excluding hydrogens is 328 g/mol. The van der Waals surface area contributed by atoms with Crippen molar-refractivity contribution in [3.63, 3.8) is 0 Å². The third-order valence-corrected chi connectivity index (χ3v) is 6.81. The van der Waals surface area contributed by atoms with Gasteiger partial charge in [-0.05, 0) is 68.4 Å². The van der Waals surface area contributed by atoms with Gasteiger partial charge in [0.1, 0.15) is 5.75 Å². The van der Waals surface area contributed by atoms with Gasteiger partial charge in [-0.15, -0.1) is 0 Å². The van der Waals surface area contributed by atoms with Gasteiger partial charge < -0.3 is 15.0 Å². The van der Waals surface area contributed by atoms with E-state index in [0.29, 0.717) is 18.7 Å². The molecule has 0 spiro atoms. The number of hydrogen-bond acceptors (Lipinski definition) is 3. The van der Waals surface area contributed by atoms with Crippen LogP contribution in [0.5, 0.6) is 5.75 Å². The molecule has 4 bridgehead atoms. The Morgan fingerprint density at radius 1 is 1.12 bits per heavy atom. The number of nitrogens with zero attached hydrogens (tertiary/aromatic N) is 1. The van der Waals surface area contributed by atoms with E-state index in [-0.39, 0.29) is 24.0 Å². The standard InChI is InChI=1S/C21H26N2O3/c24-19(22-21-10-14-7-15(11-21)9-16(8-14)12-21)5-6-23-17-3-1-2-4-18(17)26-13-20(23)25/h1-4,14-16H,5-13H2,(H,22,24). The Morgan fingerprint density at radius 3 is 2.46 bits per heavy atom. The van der Waals surface area contributed by atoms with Gasteiger partial charge >= 0.3 is 0 Å². The van der Waals surface area contributed by atoms with Gasteiger partial charge in [-0.3, -0.25) is 9.59 Å². The van der Waals surface area contributed by atoms with Crippen LogP contribution in [0.1, 0.15) is 44.9 Å². The van der Waals surface area contributed by atoms with Crippen LogP contribution < -0.4 is 15.0 Å². The number of hydrogen-bond donors (Lipinski definition) is 1. The maximum Gasteiger partial charge on any atom is 0.265 e. The molecule has 1 N–H and O–H groups in total. The summed E-state index contributed by atoms with van der Waals surface area (Å²) >= 11 is 0. The molecule has 5 nitrogen and oxygen atoms in total. The number of carbonyl (C=O) groups is 2. The van der Waals surface area contributed by atoms with Crippen molar-refractivity contribution < 1.29 is 14.3 Å². The molecule has 1 aromatic rings. The van der Waals surface area contributed by atoms with Crippen molar-refractivity contribution in [2.75, 3.05) is 18.1 Å². The van der Waals surface area contributed by atoms with Crippen LogP contribution in [0, 0.1) is 17.8 Å². The van der Waals surface area contributed by atoms with Crippen molar-refractivity contribution in [1.82, 2.24) is 5.32 Å². The van der Waals surface area contributed by atoms with Crippen molar-refractivity contribution in [2.24, 2.45) is 17.8 Å². The Kier molecular flexibility index (Phi) is 3.73. The predicted octanol–water partition coefficient (Wildman–Crippen LogP) is 2.89. The Balaban J connectivity index is 1.24. The van der Waals surface area contributed by atoms with Crippen LogP contribution in [0.25, 0.3) is 0 Å². The van der Waals surface area contributed by atoms with E-state index in [0.717, 1.165) is 42.7 Å². The van der Waals surface area contributed by atoms with Gasteiger partial charge in [0.05, 0.1) is 5.69 Å². The summed E-state index contributed by atoms with van der Waals surface area (Å²) in [7, 11) is 0. The molecule has 4 aliphatic carbocycles. The number of ether oxygens (including phenoxy) is 1. The average Bonchev–Trinajstić information content (AvgIpc) is 2.59. The smallest absolute Gasteiger partial charge is 0.265 e. The number of fused-ring (bicyclic) bond motifs is 1. The molecule has 0 saturated heterocycles. The van der Waals surface area contributed by atoms with E-state index in [2.05, 4.69) is 5.32 Å². The molecule has 1 aliphatic heterocycles. The summed E-state index contributed by atoms with van der Waals surface area (Å²) in [4.78, 5) is 26.7. The molecule has 1 aromatic carbocycles. The molecule has 0 atom stereocenters. The van der Waals surface area contributed by atoms with Gasteiger partial charge in [-0.1, -0.05) is 12.1 Å². The summed E-state index contributed by atoms with van der Waals surface area (Å²) in [6.07, 6.45) is 7.93. The topological polar surface area (TPSA) is 58.6 Å². The molecule has 4 fully saturated rings. The Bertz CT molecular complexity index is 709. The fourth-order valence-corrected chi connectivity index (χ4v) is 6.23. The summed E-state index contributed by atoms with van der Waals surface area (Å²) in [6.45, 7) is 0.463. The zero-order valence-corrected chi connectivity index (χ0v) is 15.1. The highest BCUT2D eigenvalue weighted by molar-refractivity contribution is 5.98. The van der Waals surface area contributed by atoms with E-state index < -0.39 is 0 Å². The van der Waals surface area contributed by atoms with Gasteiger partial charge in [-0.2, -0.15) is 0 Å². The van der Waals surface area contributed by atoms with Gasteiger partial charge in [0, 0.05) is 18.5 Å². The monoisotopic (exact) mass is 354 g/mol. The summed E-state index contributed by atoms with van der Waals surface area (Å²) in [5.74, 6) is 3.17. The van der Waals surface area contributed by atoms with Crippen LogP contribution in [-0.4, -0.2) is 30.5 Å². The second-order valence-corrected chi connectivity index (χ2v) is 8.80. The highest BCUT2D eigenvalue weighted by Crippen LogP contribution is 2.55. The van der Waals surface area contributed by atoms with Crippen molar-refractivity contribution >= 4 is 17.5 Å². The normalized spacial score (nSPS) is 34.4. The highest BCUT2D eigenvalue weighted by Gasteiger charge is 2.51. The molecule has 0 radical (unpaired) electrons. The number of benzene rings is 1. The summed E-state index contributed by atoms with van der Waals surface area (Å²) in [5.41, 5.74) is 0.810. The van der Waals surface area contributed by atoms with Gasteiger partial charge in [0.2, 0.25) is 5.91 Å². The summed E-state index contributed by atoms with van der Waals surface area (Å²) in [6, 6.07) is 7.53. The molecule has 26 heavy (non-hydrogen) atoms. The minimum atomic E-state index is -0.0775. The quantitative estimate of drug-likeness (QED) is 0.904. The first-order chi connectivity index (χ1) is 12.6. The van der Waals surface area contributed by atoms with E-state index in [1.807, 2.05) is 24.3 Å². The minimum absolute atomic E-state index is 0.0404. The Labute approximate surface area is 154 Å². The van der Waals surface area contributed by atoms with Gasteiger partial charge in [-0.25, -0.2) is 0 Å². The number of amides is 2. The van der Waals surface area contributed by atoms with Crippen LogP contribution in [-0.2, 0) is 9.59 Å². The fourth-order valence-electron chi connectivity index (χ4n) is 6.23. The lowest BCUT2D eigenvalue weighted by Gasteiger charge is -2.57. The molecule has 0 aromatic heterocycles. The molecule has 5 aliphatic rings. The zero-order chi connectivity index (χ0) is 17.7. The third kappa shape index (κ3) is 2.78. The second kappa shape index (κ2) is 6.00. The molecule has 6 rings (SSSR count). The molecular formula is C21H26N2O3. The zero-order valence-electron chi connectivity index (χ0n) is 15.1. The van der Waals surface area contributed by atoms with Crippen molar-refractivity contribution in [1.29, 1.82) is 0 Å². The number of para-hydroxylation sites is 2. The first-order valence-corrected chi connectivity index (χ1v) is 9.93. The molecule has 2 amide bonds. The van der Waals surface area contributed by atoms with E-state index >= 15 is 0 Å². The number of anilines is 1. The highest BCUT2D eigenvalue weighted by atomic mass is 16.5. The minimum Gasteiger partial charge on any atom is -0.482 e. The first kappa shape index (κ1) is 16.2. The predicted molar refractivity (Wildman–Crippen MR) is 98.0 cm³/mol. The van der Waals surface area contributed by atoms with E-state index in [1.54, 1.807) is 4.90 Å². The Hall–Kier alpha value is -2.04. The van der Waals surface area contributed by atoms with E-state index in [1.165, 1.54) is 19.3 Å². The lowest BCUT2D eigenvalue weighted by molar-refractivity contribution is -0.126. The van der Waals surface area contributed by atoms with E-state index in [4.69, 9.17) is 4.74 Å². The summed E-state index contributed by atoms with van der Waals surface area (Å²) < 4.78 is 5.47. The van der Waals surface area contributed by atoms with Crippen molar-refractivity contribution in [3.05, 3.63) is 24.3 Å². The molecule has 5 heteroatoms. The van der Waals surface area contributed by atoms with Crippen molar-refractivity contribution in [3.8, 4) is 5.75 Å². The van der Waals surface area contributed by atoms with Crippen LogP contribution in [0.15, 0.2) is 24.3 Å². The largest absolute Gasteiger partial charge is 0.482 e. The fraction of sp³-hybridized carbons (Fsp3) is 0.619. The van der Waals surface area contributed by atoms with Gasteiger partial charge in [0.15, 0.2) is 6.61 Å². The molecule has 138 valence electrons. The molecule has 1 heterocycles. The lowest BCUT2D eigenvalue weighted by Crippen LogP contribution is -2.60. The van der Waals surface area contributed by atoms with Crippen LogP contribution in [0.3, 0.4) is 0 Å².